The van der Waals surface area contributed by atoms with Crippen molar-refractivity contribution in [3.05, 3.63) is 60.3 Å². The average molecular weight is 321 g/mol. The van der Waals surface area contributed by atoms with Gasteiger partial charge in [0.25, 0.3) is 0 Å². The van der Waals surface area contributed by atoms with Crippen LogP contribution in [0.3, 0.4) is 0 Å². The van der Waals surface area contributed by atoms with Crippen molar-refractivity contribution in [2.45, 2.75) is 12.8 Å². The van der Waals surface area contributed by atoms with Crippen molar-refractivity contribution in [2.75, 3.05) is 18.4 Å². The van der Waals surface area contributed by atoms with E-state index < -0.39 is 0 Å². The second-order valence-electron chi connectivity index (χ2n) is 6.17. The zero-order valence-electron chi connectivity index (χ0n) is 13.3. The number of amides is 2. The third-order valence-electron chi connectivity index (χ3n) is 4.47. The summed E-state index contributed by atoms with van der Waals surface area (Å²) in [5.41, 5.74) is 2.05. The van der Waals surface area contributed by atoms with Gasteiger partial charge >= 0.3 is 6.03 Å². The van der Waals surface area contributed by atoms with Gasteiger partial charge in [0.1, 0.15) is 0 Å². The summed E-state index contributed by atoms with van der Waals surface area (Å²) in [4.78, 5) is 14.3. The molecule has 2 amide bonds. The minimum atomic E-state index is -0.108. The number of nitrogens with zero attached hydrogens (tertiary/aromatic N) is 4. The lowest BCUT2D eigenvalue weighted by atomic mass is 9.99. The van der Waals surface area contributed by atoms with E-state index in [0.717, 1.165) is 31.6 Å². The highest BCUT2D eigenvalue weighted by Gasteiger charge is 2.27. The van der Waals surface area contributed by atoms with E-state index in [-0.39, 0.29) is 6.03 Å². The maximum Gasteiger partial charge on any atom is 0.324 e. The van der Waals surface area contributed by atoms with E-state index in [1.165, 1.54) is 5.56 Å². The molecule has 1 unspecified atom stereocenters. The number of likely N-dealkylation sites (tertiary alicyclic amines) is 1. The molecule has 0 radical (unpaired) electrons. The van der Waals surface area contributed by atoms with E-state index in [0.29, 0.717) is 11.9 Å². The molecular formula is C18H19N5O. The Morgan fingerprint density at radius 3 is 2.83 bits per heavy atom. The molecule has 122 valence electrons. The summed E-state index contributed by atoms with van der Waals surface area (Å²) in [7, 11) is 0. The topological polar surface area (TPSA) is 62.5 Å². The molecule has 1 aliphatic rings. The van der Waals surface area contributed by atoms with Crippen LogP contribution in [0.15, 0.2) is 54.7 Å². The quantitative estimate of drug-likeness (QED) is 0.807. The maximum absolute atomic E-state index is 12.5. The summed E-state index contributed by atoms with van der Waals surface area (Å²) in [6.45, 7) is 1.55. The Morgan fingerprint density at radius 1 is 1.12 bits per heavy atom. The third-order valence-corrected chi connectivity index (χ3v) is 4.47. The molecule has 0 spiro atoms. The molecule has 3 aromatic rings. The van der Waals surface area contributed by atoms with Crippen LogP contribution in [0.25, 0.3) is 5.65 Å². The maximum atomic E-state index is 12.5. The predicted molar refractivity (Wildman–Crippen MR) is 91.8 cm³/mol. The molecule has 6 heteroatoms. The Morgan fingerprint density at radius 2 is 1.96 bits per heavy atom. The second-order valence-corrected chi connectivity index (χ2v) is 6.17. The van der Waals surface area contributed by atoms with Gasteiger partial charge < -0.3 is 4.90 Å². The highest BCUT2D eigenvalue weighted by Crippen LogP contribution is 2.21. The first-order valence-corrected chi connectivity index (χ1v) is 8.19. The molecular weight excluding hydrogens is 302 g/mol. The molecule has 4 rings (SSSR count). The summed E-state index contributed by atoms with van der Waals surface area (Å²) < 4.78 is 1.77. The van der Waals surface area contributed by atoms with E-state index in [9.17, 15) is 4.79 Å². The summed E-state index contributed by atoms with van der Waals surface area (Å²) in [5.74, 6) is 0.968. The smallest absolute Gasteiger partial charge is 0.324 e. The molecule has 0 aliphatic carbocycles. The highest BCUT2D eigenvalue weighted by molar-refractivity contribution is 5.88. The molecule has 3 heterocycles. The van der Waals surface area contributed by atoms with Gasteiger partial charge in [-0.05, 0) is 36.5 Å². The summed E-state index contributed by atoms with van der Waals surface area (Å²) in [6, 6.07) is 16.0. The number of hydrogen-bond acceptors (Lipinski definition) is 3. The molecule has 0 saturated carbocycles. The minimum absolute atomic E-state index is 0.108. The molecule has 1 aliphatic heterocycles. The van der Waals surface area contributed by atoms with Gasteiger partial charge in [-0.1, -0.05) is 36.4 Å². The van der Waals surface area contributed by atoms with E-state index >= 15 is 0 Å². The lowest BCUT2D eigenvalue weighted by molar-refractivity contribution is 0.220. The van der Waals surface area contributed by atoms with Crippen molar-refractivity contribution in [2.24, 2.45) is 5.92 Å². The number of carbonyl (C=O) groups excluding carboxylic acids is 1. The van der Waals surface area contributed by atoms with Crippen LogP contribution >= 0.6 is 0 Å². The van der Waals surface area contributed by atoms with Gasteiger partial charge in [0.2, 0.25) is 5.95 Å². The second kappa shape index (κ2) is 6.31. The summed E-state index contributed by atoms with van der Waals surface area (Å²) in [5, 5.41) is 11.0. The first-order chi connectivity index (χ1) is 11.8. The van der Waals surface area contributed by atoms with Crippen molar-refractivity contribution in [3.63, 3.8) is 0 Å². The predicted octanol–water partition coefficient (Wildman–Crippen LogP) is 2.83. The molecule has 1 saturated heterocycles. The molecule has 1 atom stereocenters. The molecule has 1 fully saturated rings. The Hall–Kier alpha value is -2.89. The Bertz CT molecular complexity index is 845. The number of hydrogen-bond donors (Lipinski definition) is 1. The molecule has 0 bridgehead atoms. The van der Waals surface area contributed by atoms with Crippen molar-refractivity contribution >= 4 is 17.6 Å². The van der Waals surface area contributed by atoms with E-state index in [1.807, 2.05) is 35.4 Å². The van der Waals surface area contributed by atoms with E-state index in [1.54, 1.807) is 4.40 Å². The zero-order chi connectivity index (χ0) is 16.4. The van der Waals surface area contributed by atoms with Crippen LogP contribution < -0.4 is 5.32 Å². The van der Waals surface area contributed by atoms with Gasteiger partial charge in [-0.25, -0.2) is 4.79 Å². The van der Waals surface area contributed by atoms with Crippen molar-refractivity contribution in [3.8, 4) is 0 Å². The first-order valence-electron chi connectivity index (χ1n) is 8.19. The number of rotatable bonds is 3. The number of nitrogens with one attached hydrogen (secondary N) is 1. The van der Waals surface area contributed by atoms with Gasteiger partial charge in [0.15, 0.2) is 5.65 Å². The molecule has 2 aromatic heterocycles. The number of benzene rings is 1. The highest BCUT2D eigenvalue weighted by atomic mass is 16.2. The van der Waals surface area contributed by atoms with Gasteiger partial charge in [-0.2, -0.15) is 0 Å². The van der Waals surface area contributed by atoms with Gasteiger partial charge in [0.05, 0.1) is 0 Å². The van der Waals surface area contributed by atoms with E-state index in [2.05, 4.69) is 39.8 Å². The Balaban J connectivity index is 1.39. The zero-order valence-corrected chi connectivity index (χ0v) is 13.3. The number of fused-ring (bicyclic) bond motifs is 1. The summed E-state index contributed by atoms with van der Waals surface area (Å²) >= 11 is 0. The van der Waals surface area contributed by atoms with Gasteiger partial charge in [-0.15, -0.1) is 10.2 Å². The van der Waals surface area contributed by atoms with Crippen LogP contribution in [0.2, 0.25) is 0 Å². The lowest BCUT2D eigenvalue weighted by Crippen LogP contribution is -2.33. The number of anilines is 1. The third kappa shape index (κ3) is 2.95. The van der Waals surface area contributed by atoms with Crippen LogP contribution in [0.5, 0.6) is 0 Å². The van der Waals surface area contributed by atoms with Crippen LogP contribution in [0.1, 0.15) is 12.0 Å². The normalized spacial score (nSPS) is 17.3. The van der Waals surface area contributed by atoms with Crippen molar-refractivity contribution < 1.29 is 4.79 Å². The first kappa shape index (κ1) is 14.7. The van der Waals surface area contributed by atoms with Crippen LogP contribution in [0.4, 0.5) is 10.7 Å². The largest absolute Gasteiger partial charge is 0.324 e. The van der Waals surface area contributed by atoms with Gasteiger partial charge in [-0.3, -0.25) is 9.72 Å². The van der Waals surface area contributed by atoms with Crippen LogP contribution in [-0.4, -0.2) is 38.6 Å². The molecule has 1 N–H and O–H groups in total. The fourth-order valence-corrected chi connectivity index (χ4v) is 3.23. The van der Waals surface area contributed by atoms with Crippen molar-refractivity contribution in [1.29, 1.82) is 0 Å². The number of aromatic nitrogens is 3. The number of pyridine rings is 1. The summed E-state index contributed by atoms with van der Waals surface area (Å²) in [6.07, 6.45) is 3.88. The monoisotopic (exact) mass is 321 g/mol. The lowest BCUT2D eigenvalue weighted by Gasteiger charge is -2.16. The fourth-order valence-electron chi connectivity index (χ4n) is 3.23. The average Bonchev–Trinajstić information content (AvgIpc) is 3.24. The Labute approximate surface area is 140 Å². The number of urea groups is 1. The molecule has 6 nitrogen and oxygen atoms in total. The number of carbonyl (C=O) groups is 1. The van der Waals surface area contributed by atoms with E-state index in [4.69, 9.17) is 0 Å². The Kier molecular flexibility index (Phi) is 3.86. The van der Waals surface area contributed by atoms with Crippen LogP contribution in [0, 0.1) is 5.92 Å². The molecule has 24 heavy (non-hydrogen) atoms. The standard InChI is InChI=1S/C18H19N5O/c24-18(19-17-21-20-16-8-4-5-10-23(16)17)22-11-9-15(13-22)12-14-6-2-1-3-7-14/h1-8,10,15H,9,11-13H2,(H,19,21,24). The minimum Gasteiger partial charge on any atom is -0.324 e. The fraction of sp³-hybridized carbons (Fsp3) is 0.278. The SMILES string of the molecule is O=C(Nc1nnc2ccccn12)N1CCC(Cc2ccccc2)C1. The van der Waals surface area contributed by atoms with Gasteiger partial charge in [0, 0.05) is 19.3 Å². The van der Waals surface area contributed by atoms with Crippen LogP contribution in [-0.2, 0) is 6.42 Å². The molecule has 1 aromatic carbocycles. The van der Waals surface area contributed by atoms with Crippen molar-refractivity contribution in [1.82, 2.24) is 19.5 Å².